The number of fused-ring (bicyclic) bond motifs is 1. The number of rotatable bonds is 0. The molecule has 1 heterocycles. The zero-order valence-corrected chi connectivity index (χ0v) is 10.5. The molecule has 3 rings (SSSR count). The summed E-state index contributed by atoms with van der Waals surface area (Å²) in [4.78, 5) is 24.5. The summed E-state index contributed by atoms with van der Waals surface area (Å²) in [6.07, 6.45) is 1.19. The zero-order chi connectivity index (χ0) is 12.4. The monoisotopic (exact) mass is 238 g/mol. The van der Waals surface area contributed by atoms with Gasteiger partial charge in [-0.1, -0.05) is 13.8 Å². The van der Waals surface area contributed by atoms with E-state index in [9.17, 15) is 9.59 Å². The molecule has 0 amide bonds. The number of hydrogen-bond acceptors (Lipinski definition) is 4. The lowest BCUT2D eigenvalue weighted by Crippen LogP contribution is -2.43. The van der Waals surface area contributed by atoms with Crippen LogP contribution in [0.1, 0.15) is 33.6 Å². The summed E-state index contributed by atoms with van der Waals surface area (Å²) in [5.74, 6) is 0.107. The molecular weight excluding hydrogens is 220 g/mol. The average molecular weight is 238 g/mol. The van der Waals surface area contributed by atoms with E-state index in [1.54, 1.807) is 6.92 Å². The van der Waals surface area contributed by atoms with Crippen LogP contribution in [0.4, 0.5) is 0 Å². The first-order valence-corrected chi connectivity index (χ1v) is 6.33. The molecule has 5 unspecified atom stereocenters. The van der Waals surface area contributed by atoms with E-state index in [0.717, 1.165) is 12.8 Å². The Hall–Kier alpha value is -1.06. The maximum absolute atomic E-state index is 12.3. The van der Waals surface area contributed by atoms with E-state index >= 15 is 0 Å². The third-order valence-corrected chi connectivity index (χ3v) is 4.90. The van der Waals surface area contributed by atoms with Crippen LogP contribution in [0.25, 0.3) is 0 Å². The molecular formula is C13H18O4. The third kappa shape index (κ3) is 1.14. The third-order valence-electron chi connectivity index (χ3n) is 4.90. The predicted octanol–water partition coefficient (Wildman–Crippen LogP) is 1.53. The van der Waals surface area contributed by atoms with E-state index in [-0.39, 0.29) is 36.5 Å². The van der Waals surface area contributed by atoms with Gasteiger partial charge in [0.05, 0.1) is 10.8 Å². The maximum atomic E-state index is 12.3. The fourth-order valence-electron chi connectivity index (χ4n) is 3.67. The van der Waals surface area contributed by atoms with E-state index in [4.69, 9.17) is 9.47 Å². The smallest absolute Gasteiger partial charge is 0.313 e. The molecule has 3 aliphatic rings. The van der Waals surface area contributed by atoms with Gasteiger partial charge in [0.15, 0.2) is 0 Å². The molecule has 2 spiro atoms. The molecule has 4 nitrogen and oxygen atoms in total. The van der Waals surface area contributed by atoms with Crippen molar-refractivity contribution in [3.63, 3.8) is 0 Å². The highest BCUT2D eigenvalue weighted by Gasteiger charge is 2.82. The lowest BCUT2D eigenvalue weighted by Gasteiger charge is -2.30. The Balaban J connectivity index is 2.01. The first-order chi connectivity index (χ1) is 7.95. The lowest BCUT2D eigenvalue weighted by molar-refractivity contribution is -0.181. The van der Waals surface area contributed by atoms with Crippen molar-refractivity contribution in [3.05, 3.63) is 0 Å². The highest BCUT2D eigenvalue weighted by atomic mass is 16.6. The summed E-state index contributed by atoms with van der Waals surface area (Å²) >= 11 is 0. The number of ether oxygens (including phenoxy) is 2. The Morgan fingerprint density at radius 1 is 1.00 bits per heavy atom. The lowest BCUT2D eigenvalue weighted by atomic mass is 9.81. The van der Waals surface area contributed by atoms with E-state index < -0.39 is 10.8 Å². The van der Waals surface area contributed by atoms with E-state index in [1.165, 1.54) is 0 Å². The molecule has 5 atom stereocenters. The fourth-order valence-corrected chi connectivity index (χ4v) is 3.67. The van der Waals surface area contributed by atoms with Crippen molar-refractivity contribution in [2.24, 2.45) is 22.7 Å². The van der Waals surface area contributed by atoms with Gasteiger partial charge < -0.3 is 9.47 Å². The van der Waals surface area contributed by atoms with Gasteiger partial charge in [0.2, 0.25) is 0 Å². The Labute approximate surface area is 101 Å². The largest absolute Gasteiger partial charge is 0.461 e. The molecule has 3 fully saturated rings. The van der Waals surface area contributed by atoms with Crippen LogP contribution < -0.4 is 0 Å². The minimum atomic E-state index is -0.585. The quantitative estimate of drug-likeness (QED) is 0.600. The number of cyclic esters (lactones) is 2. The molecule has 4 heteroatoms. The van der Waals surface area contributed by atoms with Crippen LogP contribution in [0, 0.1) is 22.7 Å². The molecule has 2 saturated carbocycles. The summed E-state index contributed by atoms with van der Waals surface area (Å²) in [5.41, 5.74) is -1.16. The number of carbonyl (C=O) groups is 2. The normalized spacial score (nSPS) is 52.8. The number of hydrogen-bond donors (Lipinski definition) is 0. The second kappa shape index (κ2) is 3.03. The van der Waals surface area contributed by atoms with Crippen molar-refractivity contribution in [1.29, 1.82) is 0 Å². The SMILES string of the molecule is CC1COC(=O)C2(CC2C)C2(CC2C)C(=O)O1. The van der Waals surface area contributed by atoms with E-state index in [1.807, 2.05) is 13.8 Å². The number of esters is 2. The van der Waals surface area contributed by atoms with Crippen molar-refractivity contribution in [3.8, 4) is 0 Å². The van der Waals surface area contributed by atoms with Crippen LogP contribution in [-0.2, 0) is 19.1 Å². The van der Waals surface area contributed by atoms with Gasteiger partial charge in [-0.25, -0.2) is 0 Å². The molecule has 0 aromatic heterocycles. The Bertz CT molecular complexity index is 404. The van der Waals surface area contributed by atoms with Gasteiger partial charge in [0.25, 0.3) is 0 Å². The first-order valence-electron chi connectivity index (χ1n) is 6.33. The molecule has 0 radical (unpaired) electrons. The first kappa shape index (κ1) is 11.1. The highest BCUT2D eigenvalue weighted by molar-refractivity contribution is 5.94. The second-order valence-electron chi connectivity index (χ2n) is 5.97. The molecule has 2 aliphatic carbocycles. The van der Waals surface area contributed by atoms with Crippen LogP contribution in [0.15, 0.2) is 0 Å². The predicted molar refractivity (Wildman–Crippen MR) is 58.9 cm³/mol. The average Bonchev–Trinajstić information content (AvgIpc) is 3.11. The molecule has 0 N–H and O–H groups in total. The standard InChI is InChI=1S/C13H18O4/c1-7-4-12(7)10(14)16-6-9(3)17-11(15)13(12)5-8(13)2/h7-9H,4-6H2,1-3H3. The fraction of sp³-hybridized carbons (Fsp3) is 0.846. The number of carbonyl (C=O) groups excluding carboxylic acids is 2. The van der Waals surface area contributed by atoms with Crippen molar-refractivity contribution in [2.75, 3.05) is 6.61 Å². The van der Waals surface area contributed by atoms with Crippen LogP contribution in [0.3, 0.4) is 0 Å². The highest BCUT2D eigenvalue weighted by Crippen LogP contribution is 2.76. The molecule has 1 saturated heterocycles. The minimum absolute atomic E-state index is 0.182. The zero-order valence-electron chi connectivity index (χ0n) is 10.5. The Kier molecular flexibility index (Phi) is 1.97. The van der Waals surface area contributed by atoms with Gasteiger partial charge in [-0.05, 0) is 31.6 Å². The van der Waals surface area contributed by atoms with Gasteiger partial charge in [-0.2, -0.15) is 0 Å². The van der Waals surface area contributed by atoms with Crippen molar-refractivity contribution in [1.82, 2.24) is 0 Å². The summed E-state index contributed by atoms with van der Waals surface area (Å²) in [6.45, 7) is 5.99. The van der Waals surface area contributed by atoms with Crippen molar-refractivity contribution >= 4 is 11.9 Å². The molecule has 0 bridgehead atoms. The minimum Gasteiger partial charge on any atom is -0.461 e. The molecule has 0 aromatic carbocycles. The van der Waals surface area contributed by atoms with Gasteiger partial charge in [-0.3, -0.25) is 9.59 Å². The second-order valence-corrected chi connectivity index (χ2v) is 5.97. The molecule has 94 valence electrons. The molecule has 17 heavy (non-hydrogen) atoms. The van der Waals surface area contributed by atoms with E-state index in [0.29, 0.717) is 0 Å². The van der Waals surface area contributed by atoms with Crippen LogP contribution >= 0.6 is 0 Å². The maximum Gasteiger partial charge on any atom is 0.313 e. The summed E-state index contributed by atoms with van der Waals surface area (Å²) < 4.78 is 10.7. The van der Waals surface area contributed by atoms with Gasteiger partial charge in [0, 0.05) is 0 Å². The van der Waals surface area contributed by atoms with Gasteiger partial charge >= 0.3 is 11.9 Å². The van der Waals surface area contributed by atoms with Crippen LogP contribution in [0.5, 0.6) is 0 Å². The van der Waals surface area contributed by atoms with Crippen LogP contribution in [-0.4, -0.2) is 24.6 Å². The molecule has 1 aliphatic heterocycles. The van der Waals surface area contributed by atoms with E-state index in [2.05, 4.69) is 0 Å². The topological polar surface area (TPSA) is 52.6 Å². The van der Waals surface area contributed by atoms with Crippen molar-refractivity contribution < 1.29 is 19.1 Å². The van der Waals surface area contributed by atoms with Gasteiger partial charge in [0.1, 0.15) is 12.7 Å². The Morgan fingerprint density at radius 3 is 1.94 bits per heavy atom. The summed E-state index contributed by atoms with van der Waals surface area (Å²) in [6, 6.07) is 0. The van der Waals surface area contributed by atoms with Crippen molar-refractivity contribution in [2.45, 2.75) is 39.7 Å². The molecule has 0 aromatic rings. The summed E-state index contributed by atoms with van der Waals surface area (Å²) in [5, 5.41) is 0. The summed E-state index contributed by atoms with van der Waals surface area (Å²) in [7, 11) is 0. The Morgan fingerprint density at radius 2 is 1.47 bits per heavy atom. The van der Waals surface area contributed by atoms with Crippen LogP contribution in [0.2, 0.25) is 0 Å². The van der Waals surface area contributed by atoms with Gasteiger partial charge in [-0.15, -0.1) is 0 Å².